The molecule has 2 rings (SSSR count). The molecular weight excluding hydrogens is 184 g/mol. The van der Waals surface area contributed by atoms with Crippen LogP contribution in [0.3, 0.4) is 0 Å². The Hall–Kier alpha value is -1.10. The predicted molar refractivity (Wildman–Crippen MR) is 48.6 cm³/mol. The number of amides is 2. The Balaban J connectivity index is 1.99. The number of carbonyl (C=O) groups is 2. The molecule has 2 fully saturated rings. The number of ether oxygens (including phenoxy) is 1. The van der Waals surface area contributed by atoms with E-state index in [0.29, 0.717) is 6.61 Å². The van der Waals surface area contributed by atoms with Crippen molar-refractivity contribution in [2.75, 3.05) is 26.3 Å². The van der Waals surface area contributed by atoms with Gasteiger partial charge in [0.1, 0.15) is 0 Å². The van der Waals surface area contributed by atoms with Crippen molar-refractivity contribution in [1.29, 1.82) is 0 Å². The van der Waals surface area contributed by atoms with Crippen LogP contribution in [0.15, 0.2) is 0 Å². The topological polar surface area (TPSA) is 58.6 Å². The van der Waals surface area contributed by atoms with E-state index in [1.54, 1.807) is 4.90 Å². The Morgan fingerprint density at radius 2 is 2.29 bits per heavy atom. The van der Waals surface area contributed by atoms with Crippen molar-refractivity contribution in [3.05, 3.63) is 0 Å². The van der Waals surface area contributed by atoms with E-state index in [1.165, 1.54) is 0 Å². The molecule has 2 aliphatic rings. The molecule has 0 aliphatic carbocycles. The van der Waals surface area contributed by atoms with E-state index in [1.807, 2.05) is 0 Å². The Labute approximate surface area is 82.4 Å². The third kappa shape index (κ3) is 1.87. The lowest BCUT2D eigenvalue weighted by atomic mass is 10.1. The van der Waals surface area contributed by atoms with Gasteiger partial charge in [0.15, 0.2) is 0 Å². The largest absolute Gasteiger partial charge is 0.379 e. The molecule has 2 saturated heterocycles. The quantitative estimate of drug-likeness (QED) is 0.595. The van der Waals surface area contributed by atoms with Crippen LogP contribution in [0.5, 0.6) is 0 Å². The number of hydrogen-bond acceptors (Lipinski definition) is 3. The molecule has 0 aromatic rings. The highest BCUT2D eigenvalue weighted by Crippen LogP contribution is 2.14. The van der Waals surface area contributed by atoms with Crippen molar-refractivity contribution in [3.8, 4) is 0 Å². The predicted octanol–water partition coefficient (Wildman–Crippen LogP) is -0.876. The van der Waals surface area contributed by atoms with Crippen LogP contribution in [0.2, 0.25) is 0 Å². The molecule has 0 saturated carbocycles. The Morgan fingerprint density at radius 3 is 3.00 bits per heavy atom. The van der Waals surface area contributed by atoms with Gasteiger partial charge >= 0.3 is 0 Å². The van der Waals surface area contributed by atoms with Crippen LogP contribution >= 0.6 is 0 Å². The first-order valence-electron chi connectivity index (χ1n) is 4.91. The van der Waals surface area contributed by atoms with Gasteiger partial charge in [-0.05, 0) is 12.8 Å². The van der Waals surface area contributed by atoms with E-state index >= 15 is 0 Å². The van der Waals surface area contributed by atoms with Gasteiger partial charge in [0, 0.05) is 6.61 Å². The van der Waals surface area contributed by atoms with Crippen molar-refractivity contribution in [2.24, 2.45) is 0 Å². The van der Waals surface area contributed by atoms with Crippen LogP contribution < -0.4 is 5.32 Å². The molecule has 0 bridgehead atoms. The highest BCUT2D eigenvalue weighted by molar-refractivity contribution is 5.92. The van der Waals surface area contributed by atoms with E-state index < -0.39 is 0 Å². The minimum atomic E-state index is -0.0739. The van der Waals surface area contributed by atoms with E-state index in [0.717, 1.165) is 19.4 Å². The van der Waals surface area contributed by atoms with E-state index in [4.69, 9.17) is 4.74 Å². The normalized spacial score (nSPS) is 28.9. The molecule has 1 atom stereocenters. The van der Waals surface area contributed by atoms with Gasteiger partial charge in [0.25, 0.3) is 0 Å². The molecular formula is C9H14N2O3. The van der Waals surface area contributed by atoms with Crippen molar-refractivity contribution < 1.29 is 14.3 Å². The molecule has 0 radical (unpaired) electrons. The van der Waals surface area contributed by atoms with Gasteiger partial charge in [-0.25, -0.2) is 0 Å². The van der Waals surface area contributed by atoms with E-state index in [-0.39, 0.29) is 30.9 Å². The van der Waals surface area contributed by atoms with Crippen molar-refractivity contribution in [2.45, 2.75) is 18.9 Å². The lowest BCUT2D eigenvalue weighted by Crippen LogP contribution is -2.56. The fourth-order valence-corrected chi connectivity index (χ4v) is 1.88. The monoisotopic (exact) mass is 198 g/mol. The van der Waals surface area contributed by atoms with Gasteiger partial charge in [-0.2, -0.15) is 0 Å². The third-order valence-corrected chi connectivity index (χ3v) is 2.65. The van der Waals surface area contributed by atoms with Crippen molar-refractivity contribution in [1.82, 2.24) is 10.2 Å². The van der Waals surface area contributed by atoms with Crippen LogP contribution in [0.25, 0.3) is 0 Å². The SMILES string of the molecule is O=C1CN(C2CCCOC2)C(=O)CN1. The summed E-state index contributed by atoms with van der Waals surface area (Å²) < 4.78 is 5.29. The lowest BCUT2D eigenvalue weighted by Gasteiger charge is -2.36. The standard InChI is InChI=1S/C9H14N2O3/c12-8-5-11(9(13)4-10-8)7-2-1-3-14-6-7/h7H,1-6H2,(H,10,12). The summed E-state index contributed by atoms with van der Waals surface area (Å²) in [6.45, 7) is 1.66. The van der Waals surface area contributed by atoms with Crippen molar-refractivity contribution >= 4 is 11.8 Å². The molecule has 5 nitrogen and oxygen atoms in total. The highest BCUT2D eigenvalue weighted by atomic mass is 16.5. The maximum atomic E-state index is 11.5. The van der Waals surface area contributed by atoms with Gasteiger partial charge in [0.2, 0.25) is 11.8 Å². The molecule has 0 aromatic heterocycles. The van der Waals surface area contributed by atoms with Crippen LogP contribution in [0, 0.1) is 0 Å². The molecule has 2 amide bonds. The zero-order valence-electron chi connectivity index (χ0n) is 7.99. The number of hydrogen-bond donors (Lipinski definition) is 1. The zero-order valence-corrected chi connectivity index (χ0v) is 7.99. The summed E-state index contributed by atoms with van der Waals surface area (Å²) in [5.74, 6) is -0.0738. The van der Waals surface area contributed by atoms with Crippen molar-refractivity contribution in [3.63, 3.8) is 0 Å². The minimum absolute atomic E-state index is 0.0000926. The Kier molecular flexibility index (Phi) is 2.67. The summed E-state index contributed by atoms with van der Waals surface area (Å²) in [6.07, 6.45) is 1.91. The molecule has 2 heterocycles. The second-order valence-electron chi connectivity index (χ2n) is 3.67. The third-order valence-electron chi connectivity index (χ3n) is 2.65. The molecule has 78 valence electrons. The fourth-order valence-electron chi connectivity index (χ4n) is 1.88. The lowest BCUT2D eigenvalue weighted by molar-refractivity contribution is -0.145. The number of carbonyl (C=O) groups excluding carboxylic acids is 2. The maximum Gasteiger partial charge on any atom is 0.242 e. The summed E-state index contributed by atoms with van der Waals surface area (Å²) in [7, 11) is 0. The first kappa shape index (κ1) is 9.45. The number of rotatable bonds is 1. The van der Waals surface area contributed by atoms with E-state index in [2.05, 4.69) is 5.32 Å². The Bertz CT molecular complexity index is 248. The van der Waals surface area contributed by atoms with Gasteiger partial charge < -0.3 is 15.0 Å². The minimum Gasteiger partial charge on any atom is -0.379 e. The summed E-state index contributed by atoms with van der Waals surface area (Å²) in [5.41, 5.74) is 0. The molecule has 0 aromatic carbocycles. The number of nitrogens with one attached hydrogen (secondary N) is 1. The summed E-state index contributed by atoms with van der Waals surface area (Å²) in [4.78, 5) is 24.2. The van der Waals surface area contributed by atoms with Crippen LogP contribution in [0.1, 0.15) is 12.8 Å². The molecule has 0 spiro atoms. The van der Waals surface area contributed by atoms with Crippen LogP contribution in [-0.2, 0) is 14.3 Å². The van der Waals surface area contributed by atoms with Gasteiger partial charge in [-0.3, -0.25) is 9.59 Å². The van der Waals surface area contributed by atoms with Crippen LogP contribution in [-0.4, -0.2) is 49.1 Å². The van der Waals surface area contributed by atoms with Gasteiger partial charge in [0.05, 0.1) is 25.7 Å². The van der Waals surface area contributed by atoms with Gasteiger partial charge in [-0.1, -0.05) is 0 Å². The molecule has 5 heteroatoms. The summed E-state index contributed by atoms with van der Waals surface area (Å²) in [6, 6.07) is 0.0994. The molecule has 1 unspecified atom stereocenters. The number of piperazine rings is 1. The highest BCUT2D eigenvalue weighted by Gasteiger charge is 2.30. The second kappa shape index (κ2) is 3.96. The average Bonchev–Trinajstić information content (AvgIpc) is 2.23. The molecule has 14 heavy (non-hydrogen) atoms. The summed E-state index contributed by atoms with van der Waals surface area (Å²) >= 11 is 0. The second-order valence-corrected chi connectivity index (χ2v) is 3.67. The van der Waals surface area contributed by atoms with E-state index in [9.17, 15) is 9.59 Å². The first-order valence-corrected chi connectivity index (χ1v) is 4.91. The maximum absolute atomic E-state index is 11.5. The summed E-state index contributed by atoms with van der Waals surface area (Å²) in [5, 5.41) is 2.53. The molecule has 1 N–H and O–H groups in total. The van der Waals surface area contributed by atoms with Crippen LogP contribution in [0.4, 0.5) is 0 Å². The first-order chi connectivity index (χ1) is 6.77. The average molecular weight is 198 g/mol. The number of nitrogens with zero attached hydrogens (tertiary/aromatic N) is 1. The Morgan fingerprint density at radius 1 is 1.43 bits per heavy atom. The smallest absolute Gasteiger partial charge is 0.242 e. The molecule has 2 aliphatic heterocycles. The fraction of sp³-hybridized carbons (Fsp3) is 0.778. The zero-order chi connectivity index (χ0) is 9.97. The van der Waals surface area contributed by atoms with Gasteiger partial charge in [-0.15, -0.1) is 0 Å².